The lowest BCUT2D eigenvalue weighted by molar-refractivity contribution is -0.145. The average Bonchev–Trinajstić information content (AvgIpc) is 2.30. The molecule has 0 bridgehead atoms. The molecular weight excluding hydrogens is 268 g/mol. The van der Waals surface area contributed by atoms with Crippen molar-refractivity contribution >= 4 is 11.9 Å². The molecule has 0 amide bonds. The molecule has 0 heterocycles. The average molecular weight is 300 g/mol. The van der Waals surface area contributed by atoms with E-state index >= 15 is 0 Å². The van der Waals surface area contributed by atoms with Crippen molar-refractivity contribution in [2.45, 2.75) is 73.1 Å². The lowest BCUT2D eigenvalue weighted by Crippen LogP contribution is -2.25. The van der Waals surface area contributed by atoms with Gasteiger partial charge in [-0.15, -0.1) is 0 Å². The van der Waals surface area contributed by atoms with Gasteiger partial charge in [0, 0.05) is 0 Å². The van der Waals surface area contributed by atoms with E-state index in [1.54, 1.807) is 0 Å². The minimum absolute atomic E-state index is 0.129. The van der Waals surface area contributed by atoms with E-state index in [0.29, 0.717) is 19.3 Å². The summed E-state index contributed by atoms with van der Waals surface area (Å²) in [6, 6.07) is 0. The molecule has 0 spiro atoms. The molecule has 4 nitrogen and oxygen atoms in total. The van der Waals surface area contributed by atoms with Gasteiger partial charge in [0.05, 0.1) is 11.8 Å². The van der Waals surface area contributed by atoms with Crippen molar-refractivity contribution in [3.05, 3.63) is 0 Å². The molecule has 0 aliphatic carbocycles. The van der Waals surface area contributed by atoms with Crippen LogP contribution in [0.25, 0.3) is 0 Å². The maximum atomic E-state index is 11.4. The van der Waals surface area contributed by atoms with Crippen LogP contribution in [0.2, 0.25) is 0 Å². The number of hydrogen-bond donors (Lipinski definition) is 2. The molecule has 2 N–H and O–H groups in total. The number of carbonyl (C=O) groups is 2. The van der Waals surface area contributed by atoms with Crippen molar-refractivity contribution in [2.24, 2.45) is 23.2 Å². The molecule has 0 radical (unpaired) electrons. The summed E-state index contributed by atoms with van der Waals surface area (Å²) < 4.78 is 0. The second-order valence-corrected chi connectivity index (χ2v) is 7.41. The minimum atomic E-state index is -0.742. The fourth-order valence-electron chi connectivity index (χ4n) is 3.02. The maximum absolute atomic E-state index is 11.4. The smallest absolute Gasteiger partial charge is 0.306 e. The van der Waals surface area contributed by atoms with Gasteiger partial charge in [-0.25, -0.2) is 0 Å². The molecule has 0 aliphatic heterocycles. The van der Waals surface area contributed by atoms with Crippen LogP contribution in [0, 0.1) is 23.2 Å². The highest BCUT2D eigenvalue weighted by atomic mass is 16.4. The van der Waals surface area contributed by atoms with Crippen LogP contribution in [0.4, 0.5) is 0 Å². The van der Waals surface area contributed by atoms with E-state index in [1.807, 2.05) is 13.8 Å². The SMILES string of the molecule is CCC(CCCCC(C(=O)O)C(C)CC(C)(C)C)C(=O)O. The van der Waals surface area contributed by atoms with Gasteiger partial charge < -0.3 is 10.2 Å². The Hall–Kier alpha value is -1.06. The van der Waals surface area contributed by atoms with Gasteiger partial charge >= 0.3 is 11.9 Å². The maximum Gasteiger partial charge on any atom is 0.306 e. The van der Waals surface area contributed by atoms with Crippen LogP contribution in [0.15, 0.2) is 0 Å². The molecule has 124 valence electrons. The quantitative estimate of drug-likeness (QED) is 0.585. The summed E-state index contributed by atoms with van der Waals surface area (Å²) in [5.74, 6) is -1.94. The Labute approximate surface area is 128 Å². The summed E-state index contributed by atoms with van der Waals surface area (Å²) in [4.78, 5) is 22.4. The third-order valence-electron chi connectivity index (χ3n) is 4.10. The molecule has 4 heteroatoms. The largest absolute Gasteiger partial charge is 0.481 e. The Kier molecular flexibility index (Phi) is 8.60. The summed E-state index contributed by atoms with van der Waals surface area (Å²) in [5, 5.41) is 18.4. The Bertz CT molecular complexity index is 330. The molecule has 0 rings (SSSR count). The monoisotopic (exact) mass is 300 g/mol. The van der Waals surface area contributed by atoms with E-state index in [1.165, 1.54) is 0 Å². The summed E-state index contributed by atoms with van der Waals surface area (Å²) in [7, 11) is 0. The van der Waals surface area contributed by atoms with Gasteiger partial charge in [-0.2, -0.15) is 0 Å². The minimum Gasteiger partial charge on any atom is -0.481 e. The van der Waals surface area contributed by atoms with Crippen LogP contribution < -0.4 is 0 Å². The van der Waals surface area contributed by atoms with Crippen molar-refractivity contribution in [1.29, 1.82) is 0 Å². The van der Waals surface area contributed by atoms with Gasteiger partial charge in [-0.05, 0) is 37.0 Å². The Morgan fingerprint density at radius 3 is 1.90 bits per heavy atom. The molecule has 0 aromatic rings. The van der Waals surface area contributed by atoms with E-state index in [2.05, 4.69) is 20.8 Å². The van der Waals surface area contributed by atoms with Crippen molar-refractivity contribution in [1.82, 2.24) is 0 Å². The molecule has 3 atom stereocenters. The standard InChI is InChI=1S/C17H32O4/c1-6-13(15(18)19)9-7-8-10-14(16(20)21)12(2)11-17(3,4)5/h12-14H,6-11H2,1-5H3,(H,18,19)(H,20,21). The fourth-order valence-corrected chi connectivity index (χ4v) is 3.02. The van der Waals surface area contributed by atoms with Crippen LogP contribution in [0.3, 0.4) is 0 Å². The molecule has 0 fully saturated rings. The van der Waals surface area contributed by atoms with Crippen LogP contribution in [0.1, 0.15) is 73.1 Å². The van der Waals surface area contributed by atoms with Crippen LogP contribution in [-0.2, 0) is 9.59 Å². The first-order valence-corrected chi connectivity index (χ1v) is 8.04. The van der Waals surface area contributed by atoms with Crippen molar-refractivity contribution in [3.63, 3.8) is 0 Å². The fraction of sp³-hybridized carbons (Fsp3) is 0.882. The number of aliphatic carboxylic acids is 2. The highest BCUT2D eigenvalue weighted by Gasteiger charge is 2.28. The van der Waals surface area contributed by atoms with Crippen molar-refractivity contribution < 1.29 is 19.8 Å². The van der Waals surface area contributed by atoms with Gasteiger partial charge in [0.2, 0.25) is 0 Å². The molecule has 0 aliphatic rings. The van der Waals surface area contributed by atoms with Gasteiger partial charge in [0.15, 0.2) is 0 Å². The summed E-state index contributed by atoms with van der Waals surface area (Å²) in [6.45, 7) is 10.3. The van der Waals surface area contributed by atoms with Crippen molar-refractivity contribution in [3.8, 4) is 0 Å². The highest BCUT2D eigenvalue weighted by Crippen LogP contribution is 2.31. The van der Waals surface area contributed by atoms with Gasteiger partial charge in [0.1, 0.15) is 0 Å². The Morgan fingerprint density at radius 1 is 1.00 bits per heavy atom. The van der Waals surface area contributed by atoms with Crippen LogP contribution >= 0.6 is 0 Å². The zero-order chi connectivity index (χ0) is 16.6. The van der Waals surface area contributed by atoms with E-state index in [4.69, 9.17) is 5.11 Å². The second kappa shape index (κ2) is 9.06. The number of rotatable bonds is 10. The van der Waals surface area contributed by atoms with Gasteiger partial charge in [-0.3, -0.25) is 9.59 Å². The lowest BCUT2D eigenvalue weighted by atomic mass is 9.78. The van der Waals surface area contributed by atoms with E-state index < -0.39 is 11.9 Å². The van der Waals surface area contributed by atoms with Crippen LogP contribution in [0.5, 0.6) is 0 Å². The summed E-state index contributed by atoms with van der Waals surface area (Å²) in [6.07, 6.45) is 4.38. The first-order chi connectivity index (χ1) is 9.58. The zero-order valence-electron chi connectivity index (χ0n) is 14.2. The van der Waals surface area contributed by atoms with E-state index in [0.717, 1.165) is 19.3 Å². The topological polar surface area (TPSA) is 74.6 Å². The number of unbranched alkanes of at least 4 members (excludes halogenated alkanes) is 1. The van der Waals surface area contributed by atoms with E-state index in [9.17, 15) is 14.7 Å². The second-order valence-electron chi connectivity index (χ2n) is 7.41. The normalized spacial score (nSPS) is 16.2. The first-order valence-electron chi connectivity index (χ1n) is 8.04. The molecule has 21 heavy (non-hydrogen) atoms. The molecule has 3 unspecified atom stereocenters. The number of hydrogen-bond acceptors (Lipinski definition) is 2. The predicted molar refractivity (Wildman–Crippen MR) is 84.2 cm³/mol. The zero-order valence-corrected chi connectivity index (χ0v) is 14.2. The van der Waals surface area contributed by atoms with Gasteiger partial charge in [-0.1, -0.05) is 47.5 Å². The van der Waals surface area contributed by atoms with E-state index in [-0.39, 0.29) is 23.2 Å². The molecule has 0 saturated carbocycles. The third-order valence-corrected chi connectivity index (χ3v) is 4.10. The lowest BCUT2D eigenvalue weighted by Gasteiger charge is -2.27. The van der Waals surface area contributed by atoms with Crippen molar-refractivity contribution in [2.75, 3.05) is 0 Å². The summed E-state index contributed by atoms with van der Waals surface area (Å²) in [5.41, 5.74) is 0.129. The molecule has 0 saturated heterocycles. The first kappa shape index (κ1) is 19.9. The number of carboxylic acid groups (broad SMARTS) is 2. The molecule has 0 aromatic carbocycles. The van der Waals surface area contributed by atoms with Gasteiger partial charge in [0.25, 0.3) is 0 Å². The van der Waals surface area contributed by atoms with Crippen LogP contribution in [-0.4, -0.2) is 22.2 Å². The molecular formula is C17H32O4. The molecule has 0 aromatic heterocycles. The third kappa shape index (κ3) is 8.74. The Morgan fingerprint density at radius 2 is 1.52 bits per heavy atom. The number of carboxylic acids is 2. The summed E-state index contributed by atoms with van der Waals surface area (Å²) >= 11 is 0. The highest BCUT2D eigenvalue weighted by molar-refractivity contribution is 5.70. The Balaban J connectivity index is 4.29. The predicted octanol–water partition coefficient (Wildman–Crippen LogP) is 4.43.